The van der Waals surface area contributed by atoms with Gasteiger partial charge >= 0.3 is 0 Å². The van der Waals surface area contributed by atoms with E-state index in [1.165, 1.54) is 5.56 Å². The van der Waals surface area contributed by atoms with Crippen LogP contribution in [0.3, 0.4) is 0 Å². The van der Waals surface area contributed by atoms with Crippen LogP contribution in [0.5, 0.6) is 0 Å². The number of aliphatic hydroxyl groups is 1. The Balaban J connectivity index is 1.81. The second kappa shape index (κ2) is 5.70. The summed E-state index contributed by atoms with van der Waals surface area (Å²) in [5.74, 6) is 0.508. The van der Waals surface area contributed by atoms with Gasteiger partial charge in [-0.05, 0) is 29.2 Å². The van der Waals surface area contributed by atoms with E-state index >= 15 is 0 Å². The van der Waals surface area contributed by atoms with Gasteiger partial charge in [-0.15, -0.1) is 0 Å². The Morgan fingerprint density at radius 2 is 1.67 bits per heavy atom. The van der Waals surface area contributed by atoms with E-state index in [1.54, 1.807) is 6.33 Å². The van der Waals surface area contributed by atoms with E-state index < -0.39 is 6.10 Å². The molecular formula is C18H20N2O. The lowest BCUT2D eigenvalue weighted by Gasteiger charge is -2.14. The van der Waals surface area contributed by atoms with Crippen molar-refractivity contribution in [2.24, 2.45) is 0 Å². The zero-order valence-corrected chi connectivity index (χ0v) is 12.4. The van der Waals surface area contributed by atoms with Crippen LogP contribution in [0.15, 0.2) is 54.9 Å². The standard InChI is InChI=1S/C18H20N2O/c1-13(2)14-7-9-15(10-8-14)18(21)11-20-12-19-16-5-3-4-6-17(16)20/h3-10,12-13,18,21H,11H2,1-2H3. The van der Waals surface area contributed by atoms with E-state index in [1.807, 2.05) is 41.0 Å². The van der Waals surface area contributed by atoms with Crippen molar-refractivity contribution in [2.75, 3.05) is 0 Å². The van der Waals surface area contributed by atoms with Gasteiger partial charge in [-0.3, -0.25) is 0 Å². The van der Waals surface area contributed by atoms with Crippen LogP contribution in [-0.4, -0.2) is 14.7 Å². The molecule has 1 N–H and O–H groups in total. The molecule has 0 saturated carbocycles. The summed E-state index contributed by atoms with van der Waals surface area (Å²) in [6.45, 7) is 4.85. The molecule has 21 heavy (non-hydrogen) atoms. The molecular weight excluding hydrogens is 260 g/mol. The Bertz CT molecular complexity index is 728. The highest BCUT2D eigenvalue weighted by molar-refractivity contribution is 5.74. The number of fused-ring (bicyclic) bond motifs is 1. The molecule has 0 aliphatic rings. The van der Waals surface area contributed by atoms with Crippen molar-refractivity contribution in [2.45, 2.75) is 32.4 Å². The van der Waals surface area contributed by atoms with Gasteiger partial charge in [-0.2, -0.15) is 0 Å². The van der Waals surface area contributed by atoms with Gasteiger partial charge in [-0.1, -0.05) is 50.2 Å². The molecule has 1 aromatic heterocycles. The Morgan fingerprint density at radius 1 is 1.00 bits per heavy atom. The lowest BCUT2D eigenvalue weighted by Crippen LogP contribution is -2.08. The molecule has 2 aromatic carbocycles. The molecule has 0 aliphatic carbocycles. The summed E-state index contributed by atoms with van der Waals surface area (Å²) in [4.78, 5) is 4.35. The monoisotopic (exact) mass is 280 g/mol. The van der Waals surface area contributed by atoms with E-state index in [0.29, 0.717) is 12.5 Å². The molecule has 0 spiro atoms. The summed E-state index contributed by atoms with van der Waals surface area (Å²) in [5.41, 5.74) is 4.24. The molecule has 0 bridgehead atoms. The highest BCUT2D eigenvalue weighted by Crippen LogP contribution is 2.21. The van der Waals surface area contributed by atoms with Crippen molar-refractivity contribution >= 4 is 11.0 Å². The third kappa shape index (κ3) is 2.83. The first-order chi connectivity index (χ1) is 10.1. The average Bonchev–Trinajstić information content (AvgIpc) is 2.91. The molecule has 108 valence electrons. The largest absolute Gasteiger partial charge is 0.387 e. The lowest BCUT2D eigenvalue weighted by atomic mass is 10.00. The first-order valence-corrected chi connectivity index (χ1v) is 7.33. The summed E-state index contributed by atoms with van der Waals surface area (Å²) in [6, 6.07) is 16.2. The molecule has 3 heteroatoms. The summed E-state index contributed by atoms with van der Waals surface area (Å²) in [6.07, 6.45) is 1.26. The van der Waals surface area contributed by atoms with Gasteiger partial charge in [0.05, 0.1) is 30.0 Å². The summed E-state index contributed by atoms with van der Waals surface area (Å²) < 4.78 is 2.00. The number of benzene rings is 2. The fraction of sp³-hybridized carbons (Fsp3) is 0.278. The fourth-order valence-electron chi connectivity index (χ4n) is 2.55. The molecule has 0 fully saturated rings. The number of nitrogens with zero attached hydrogens (tertiary/aromatic N) is 2. The van der Waals surface area contributed by atoms with E-state index in [4.69, 9.17) is 0 Å². The smallest absolute Gasteiger partial charge is 0.0969 e. The molecule has 1 heterocycles. The zero-order chi connectivity index (χ0) is 14.8. The highest BCUT2D eigenvalue weighted by atomic mass is 16.3. The van der Waals surface area contributed by atoms with Gasteiger partial charge in [0.1, 0.15) is 0 Å². The van der Waals surface area contributed by atoms with Crippen molar-refractivity contribution in [3.63, 3.8) is 0 Å². The van der Waals surface area contributed by atoms with Crippen LogP contribution >= 0.6 is 0 Å². The van der Waals surface area contributed by atoms with Gasteiger partial charge in [0.25, 0.3) is 0 Å². The number of imidazole rings is 1. The number of rotatable bonds is 4. The molecule has 0 radical (unpaired) electrons. The van der Waals surface area contributed by atoms with Crippen molar-refractivity contribution < 1.29 is 5.11 Å². The number of hydrogen-bond donors (Lipinski definition) is 1. The van der Waals surface area contributed by atoms with Gasteiger partial charge in [0.15, 0.2) is 0 Å². The van der Waals surface area contributed by atoms with Crippen molar-refractivity contribution in [1.29, 1.82) is 0 Å². The van der Waals surface area contributed by atoms with Crippen LogP contribution in [0.4, 0.5) is 0 Å². The predicted molar refractivity (Wildman–Crippen MR) is 85.2 cm³/mol. The molecule has 0 saturated heterocycles. The maximum atomic E-state index is 10.4. The Hall–Kier alpha value is -2.13. The minimum atomic E-state index is -0.524. The number of aliphatic hydroxyl groups excluding tert-OH is 1. The third-order valence-corrected chi connectivity index (χ3v) is 3.88. The molecule has 0 aliphatic heterocycles. The molecule has 3 nitrogen and oxygen atoms in total. The van der Waals surface area contributed by atoms with Gasteiger partial charge in [0, 0.05) is 0 Å². The second-order valence-corrected chi connectivity index (χ2v) is 5.72. The SMILES string of the molecule is CC(C)c1ccc(C(O)Cn2cnc3ccccc32)cc1. The van der Waals surface area contributed by atoms with E-state index in [2.05, 4.69) is 31.0 Å². The maximum Gasteiger partial charge on any atom is 0.0969 e. The van der Waals surface area contributed by atoms with Crippen LogP contribution < -0.4 is 0 Å². The van der Waals surface area contributed by atoms with Crippen molar-refractivity contribution in [1.82, 2.24) is 9.55 Å². The van der Waals surface area contributed by atoms with E-state index in [-0.39, 0.29) is 0 Å². The van der Waals surface area contributed by atoms with Crippen LogP contribution in [0.1, 0.15) is 37.0 Å². The van der Waals surface area contributed by atoms with Crippen molar-refractivity contribution in [3.05, 3.63) is 66.0 Å². The fourth-order valence-corrected chi connectivity index (χ4v) is 2.55. The Kier molecular flexibility index (Phi) is 3.76. The third-order valence-electron chi connectivity index (χ3n) is 3.88. The average molecular weight is 280 g/mol. The minimum absolute atomic E-state index is 0.508. The maximum absolute atomic E-state index is 10.4. The zero-order valence-electron chi connectivity index (χ0n) is 12.4. The van der Waals surface area contributed by atoms with Crippen LogP contribution in [0.2, 0.25) is 0 Å². The predicted octanol–water partition coefficient (Wildman–Crippen LogP) is 3.89. The van der Waals surface area contributed by atoms with E-state index in [9.17, 15) is 5.11 Å². The topological polar surface area (TPSA) is 38.0 Å². The Morgan fingerprint density at radius 3 is 2.38 bits per heavy atom. The number of aromatic nitrogens is 2. The van der Waals surface area contributed by atoms with Crippen LogP contribution in [0.25, 0.3) is 11.0 Å². The van der Waals surface area contributed by atoms with E-state index in [0.717, 1.165) is 16.6 Å². The number of hydrogen-bond acceptors (Lipinski definition) is 2. The summed E-state index contributed by atoms with van der Waals surface area (Å²) >= 11 is 0. The molecule has 3 rings (SSSR count). The normalized spacial score (nSPS) is 13.0. The summed E-state index contributed by atoms with van der Waals surface area (Å²) in [7, 11) is 0. The second-order valence-electron chi connectivity index (χ2n) is 5.72. The molecule has 3 aromatic rings. The summed E-state index contributed by atoms with van der Waals surface area (Å²) in [5, 5.41) is 10.4. The lowest BCUT2D eigenvalue weighted by molar-refractivity contribution is 0.158. The first kappa shape index (κ1) is 13.8. The highest BCUT2D eigenvalue weighted by Gasteiger charge is 2.11. The van der Waals surface area contributed by atoms with Crippen molar-refractivity contribution in [3.8, 4) is 0 Å². The molecule has 0 amide bonds. The molecule has 1 atom stereocenters. The Labute approximate surface area is 124 Å². The van der Waals surface area contributed by atoms with Crippen LogP contribution in [0, 0.1) is 0 Å². The first-order valence-electron chi connectivity index (χ1n) is 7.33. The number of para-hydroxylation sites is 2. The minimum Gasteiger partial charge on any atom is -0.387 e. The van der Waals surface area contributed by atoms with Gasteiger partial charge in [0.2, 0.25) is 0 Å². The van der Waals surface area contributed by atoms with Crippen LogP contribution in [-0.2, 0) is 6.54 Å². The van der Waals surface area contributed by atoms with Gasteiger partial charge in [-0.25, -0.2) is 4.98 Å². The molecule has 1 unspecified atom stereocenters. The quantitative estimate of drug-likeness (QED) is 0.787. The van der Waals surface area contributed by atoms with Gasteiger partial charge < -0.3 is 9.67 Å².